The van der Waals surface area contributed by atoms with Crippen LogP contribution in [0.25, 0.3) is 0 Å². The monoisotopic (exact) mass is 484 g/mol. The molecule has 2 N–H and O–H groups in total. The zero-order chi connectivity index (χ0) is 25.0. The molecule has 1 amide bonds. The van der Waals surface area contributed by atoms with Crippen molar-refractivity contribution in [3.05, 3.63) is 101 Å². The lowest BCUT2D eigenvalue weighted by atomic mass is 9.85. The van der Waals surface area contributed by atoms with E-state index in [1.54, 1.807) is 0 Å². The molecule has 0 unspecified atom stereocenters. The van der Waals surface area contributed by atoms with E-state index in [4.69, 9.17) is 19.6 Å². The summed E-state index contributed by atoms with van der Waals surface area (Å²) in [5.41, 5.74) is 3.35. The third-order valence-corrected chi connectivity index (χ3v) is 7.03. The van der Waals surface area contributed by atoms with Gasteiger partial charge in [0.25, 0.3) is 5.91 Å². The molecule has 0 fully saturated rings. The zero-order valence-corrected chi connectivity index (χ0v) is 20.5. The van der Waals surface area contributed by atoms with Crippen LogP contribution < -0.4 is 10.1 Å². The minimum Gasteiger partial charge on any atom is -0.494 e. The number of nitrogens with zero attached hydrogens (tertiary/aromatic N) is 1. The Balaban J connectivity index is 1.40. The Kier molecular flexibility index (Phi) is 7.05. The fraction of sp³-hybridized carbons (Fsp3) is 0.333. The van der Waals surface area contributed by atoms with E-state index in [0.717, 1.165) is 24.0 Å². The first kappa shape index (κ1) is 24.1. The number of carbonyl (C=O) groups is 1. The lowest BCUT2D eigenvalue weighted by Crippen LogP contribution is -2.55. The van der Waals surface area contributed by atoms with Crippen molar-refractivity contribution >= 4 is 11.8 Å². The maximum absolute atomic E-state index is 13.9. The van der Waals surface area contributed by atoms with Gasteiger partial charge >= 0.3 is 0 Å². The molecule has 36 heavy (non-hydrogen) atoms. The second kappa shape index (κ2) is 10.5. The second-order valence-electron chi connectivity index (χ2n) is 9.56. The number of amides is 1. The summed E-state index contributed by atoms with van der Waals surface area (Å²) in [6.07, 6.45) is 2.25. The highest BCUT2D eigenvalue weighted by Gasteiger charge is 2.51. The van der Waals surface area contributed by atoms with Gasteiger partial charge in [-0.25, -0.2) is 4.99 Å². The number of ether oxygens (including phenoxy) is 2. The van der Waals surface area contributed by atoms with E-state index in [2.05, 4.69) is 17.4 Å². The van der Waals surface area contributed by atoms with Crippen molar-refractivity contribution in [2.45, 2.75) is 50.3 Å². The van der Waals surface area contributed by atoms with Crippen molar-refractivity contribution in [3.63, 3.8) is 0 Å². The third-order valence-electron chi connectivity index (χ3n) is 7.03. The molecule has 0 spiro atoms. The second-order valence-corrected chi connectivity index (χ2v) is 9.56. The first-order valence-electron chi connectivity index (χ1n) is 12.6. The van der Waals surface area contributed by atoms with Gasteiger partial charge < -0.3 is 19.9 Å². The smallest absolute Gasteiger partial charge is 0.252 e. The molecule has 6 heteroatoms. The summed E-state index contributed by atoms with van der Waals surface area (Å²) in [5.74, 6) is 1.08. The summed E-state index contributed by atoms with van der Waals surface area (Å²) in [6, 6.07) is 25.9. The number of nitrogens with one attached hydrogen (secondary N) is 1. The average Bonchev–Trinajstić information content (AvgIpc) is 3.46. The topological polar surface area (TPSA) is 80.2 Å². The molecule has 0 saturated heterocycles. The molecular formula is C30H32N2O4. The summed E-state index contributed by atoms with van der Waals surface area (Å²) in [7, 11) is 0. The van der Waals surface area contributed by atoms with Gasteiger partial charge in [0.1, 0.15) is 11.9 Å². The van der Waals surface area contributed by atoms with Gasteiger partial charge in [0.05, 0.1) is 6.61 Å². The molecule has 1 aliphatic heterocycles. The van der Waals surface area contributed by atoms with Crippen molar-refractivity contribution in [3.8, 4) is 5.75 Å². The van der Waals surface area contributed by atoms with Crippen LogP contribution >= 0.6 is 0 Å². The summed E-state index contributed by atoms with van der Waals surface area (Å²) in [4.78, 5) is 18.9. The predicted octanol–water partition coefficient (Wildman–Crippen LogP) is 3.88. The van der Waals surface area contributed by atoms with Gasteiger partial charge in [0, 0.05) is 31.1 Å². The summed E-state index contributed by atoms with van der Waals surface area (Å²) < 4.78 is 11.9. The maximum atomic E-state index is 13.9. The lowest BCUT2D eigenvalue weighted by molar-refractivity contribution is -0.129. The Bertz CT molecular complexity index is 1200. The largest absolute Gasteiger partial charge is 0.494 e. The van der Waals surface area contributed by atoms with Crippen LogP contribution in [-0.2, 0) is 28.8 Å². The number of aliphatic hydroxyl groups excluding tert-OH is 1. The van der Waals surface area contributed by atoms with E-state index in [1.807, 2.05) is 73.7 Å². The number of hydrogen-bond donors (Lipinski definition) is 2. The van der Waals surface area contributed by atoms with Crippen LogP contribution in [0.3, 0.4) is 0 Å². The van der Waals surface area contributed by atoms with E-state index in [1.165, 1.54) is 11.1 Å². The molecule has 3 aromatic carbocycles. The highest BCUT2D eigenvalue weighted by molar-refractivity contribution is 6.01. The van der Waals surface area contributed by atoms with Crippen molar-refractivity contribution in [1.82, 2.24) is 5.32 Å². The minimum absolute atomic E-state index is 0.0457. The van der Waals surface area contributed by atoms with Crippen LogP contribution in [0, 0.1) is 0 Å². The van der Waals surface area contributed by atoms with Gasteiger partial charge in [-0.05, 0) is 60.7 Å². The first-order valence-corrected chi connectivity index (χ1v) is 12.6. The lowest BCUT2D eigenvalue weighted by Gasteiger charge is -2.29. The van der Waals surface area contributed by atoms with Crippen LogP contribution in [-0.4, -0.2) is 47.8 Å². The summed E-state index contributed by atoms with van der Waals surface area (Å²) in [5, 5.41) is 12.2. The van der Waals surface area contributed by atoms with E-state index in [0.29, 0.717) is 31.1 Å². The predicted molar refractivity (Wildman–Crippen MR) is 139 cm³/mol. The van der Waals surface area contributed by atoms with E-state index >= 15 is 0 Å². The number of hydrogen-bond acceptors (Lipinski definition) is 5. The molecule has 1 aliphatic carbocycles. The molecule has 6 nitrogen and oxygen atoms in total. The highest BCUT2D eigenvalue weighted by atomic mass is 16.5. The molecule has 1 heterocycles. The summed E-state index contributed by atoms with van der Waals surface area (Å²) >= 11 is 0. The van der Waals surface area contributed by atoms with Crippen LogP contribution in [0.15, 0.2) is 83.9 Å². The van der Waals surface area contributed by atoms with Crippen molar-refractivity contribution in [2.75, 3.05) is 13.2 Å². The molecule has 5 rings (SSSR count). The average molecular weight is 485 g/mol. The SMILES string of the molecule is C[C@H]1OC(c2ccc(OCCCO)cc2)=N[C@@]1(Cc1ccccc1)C(=O)NC1Cc2ccccc2C1. The Morgan fingerprint density at radius 1 is 1.03 bits per heavy atom. The Morgan fingerprint density at radius 2 is 1.69 bits per heavy atom. The quantitative estimate of drug-likeness (QED) is 0.452. The molecule has 2 aliphatic rings. The third kappa shape index (κ3) is 5.00. The van der Waals surface area contributed by atoms with E-state index in [-0.39, 0.29) is 18.6 Å². The summed E-state index contributed by atoms with van der Waals surface area (Å²) in [6.45, 7) is 2.48. The first-order chi connectivity index (χ1) is 17.6. The standard InChI is InChI=1S/C30H32N2O4/c1-21-30(20-22-8-3-2-4-9-22,29(34)31-26-18-24-10-5-6-11-25(24)19-26)32-28(36-21)23-12-14-27(15-13-23)35-17-7-16-33/h2-6,8-15,21,26,33H,7,16-20H2,1H3,(H,31,34)/t21-,30-/m1/s1. The normalized spacial score (nSPS) is 20.9. The molecule has 2 atom stereocenters. The van der Waals surface area contributed by atoms with Crippen molar-refractivity contribution < 1.29 is 19.4 Å². The Morgan fingerprint density at radius 3 is 2.36 bits per heavy atom. The number of fused-ring (bicyclic) bond motifs is 1. The highest BCUT2D eigenvalue weighted by Crippen LogP contribution is 2.33. The molecule has 0 radical (unpaired) electrons. The Labute approximate surface area is 212 Å². The maximum Gasteiger partial charge on any atom is 0.252 e. The molecule has 0 aromatic heterocycles. The number of aliphatic imine (C=N–C) groups is 1. The fourth-order valence-electron chi connectivity index (χ4n) is 5.02. The minimum atomic E-state index is -1.07. The molecule has 0 bridgehead atoms. The van der Waals surface area contributed by atoms with Crippen LogP contribution in [0.1, 0.15) is 35.6 Å². The molecule has 186 valence electrons. The van der Waals surface area contributed by atoms with Gasteiger partial charge in [0.15, 0.2) is 5.54 Å². The van der Waals surface area contributed by atoms with Crippen LogP contribution in [0.5, 0.6) is 5.75 Å². The number of benzene rings is 3. The van der Waals surface area contributed by atoms with Gasteiger partial charge in [-0.2, -0.15) is 0 Å². The molecule has 3 aromatic rings. The van der Waals surface area contributed by atoms with E-state index in [9.17, 15) is 4.79 Å². The van der Waals surface area contributed by atoms with Gasteiger partial charge in [-0.15, -0.1) is 0 Å². The van der Waals surface area contributed by atoms with Crippen molar-refractivity contribution in [1.29, 1.82) is 0 Å². The number of aliphatic hydroxyl groups is 1. The van der Waals surface area contributed by atoms with Crippen molar-refractivity contribution in [2.24, 2.45) is 4.99 Å². The number of rotatable bonds is 9. The van der Waals surface area contributed by atoms with Gasteiger partial charge in [-0.1, -0.05) is 54.6 Å². The molecule has 0 saturated carbocycles. The van der Waals surface area contributed by atoms with E-state index < -0.39 is 11.6 Å². The van der Waals surface area contributed by atoms with Gasteiger partial charge in [0.2, 0.25) is 5.90 Å². The fourth-order valence-corrected chi connectivity index (χ4v) is 5.02. The zero-order valence-electron chi connectivity index (χ0n) is 20.5. The van der Waals surface area contributed by atoms with Crippen LogP contribution in [0.4, 0.5) is 0 Å². The Hall–Kier alpha value is -3.64. The number of carbonyl (C=O) groups excluding carboxylic acids is 1. The molecular weight excluding hydrogens is 452 g/mol. The van der Waals surface area contributed by atoms with Gasteiger partial charge in [-0.3, -0.25) is 4.79 Å². The van der Waals surface area contributed by atoms with Crippen LogP contribution in [0.2, 0.25) is 0 Å².